The van der Waals surface area contributed by atoms with Crippen LogP contribution in [0.4, 0.5) is 11.5 Å². The van der Waals surface area contributed by atoms with Gasteiger partial charge in [0.25, 0.3) is 11.8 Å². The molecule has 0 spiro atoms. The monoisotopic (exact) mass is 498 g/mol. The van der Waals surface area contributed by atoms with Crippen LogP contribution in [0.5, 0.6) is 0 Å². The summed E-state index contributed by atoms with van der Waals surface area (Å²) in [6.45, 7) is 1.82. The van der Waals surface area contributed by atoms with Crippen LogP contribution in [0.3, 0.4) is 0 Å². The number of carbonyl (C=O) groups excluding carboxylic acids is 2. The molecule has 2 N–H and O–H groups in total. The lowest BCUT2D eigenvalue weighted by molar-refractivity contribution is 0.101. The fraction of sp³-hybridized carbons (Fsp3) is 0.0476. The van der Waals surface area contributed by atoms with Crippen LogP contribution in [0.2, 0.25) is 0 Å². The number of nitrogens with zero attached hydrogens (tertiary/aromatic N) is 2. The third-order valence-electron chi connectivity index (χ3n) is 4.09. The molecule has 4 aromatic rings. The Morgan fingerprint density at radius 3 is 2.63 bits per heavy atom. The summed E-state index contributed by atoms with van der Waals surface area (Å²) in [5.74, 6) is -0.117. The van der Waals surface area contributed by atoms with Gasteiger partial charge in [0.2, 0.25) is 0 Å². The number of anilines is 2. The number of hydrogen-bond donors (Lipinski definition) is 2. The summed E-state index contributed by atoms with van der Waals surface area (Å²) in [5, 5.41) is 8.39. The van der Waals surface area contributed by atoms with Crippen molar-refractivity contribution in [2.75, 3.05) is 10.6 Å². The lowest BCUT2D eigenvalue weighted by Gasteiger charge is -2.08. The molecule has 0 aliphatic carbocycles. The third kappa shape index (κ3) is 4.64. The highest BCUT2D eigenvalue weighted by Gasteiger charge is 2.17. The quantitative estimate of drug-likeness (QED) is 0.361. The van der Waals surface area contributed by atoms with Gasteiger partial charge in [0.15, 0.2) is 0 Å². The van der Waals surface area contributed by atoms with E-state index in [-0.39, 0.29) is 11.8 Å². The Labute approximate surface area is 189 Å². The first-order valence-electron chi connectivity index (χ1n) is 8.85. The molecular weight excluding hydrogens is 484 g/mol. The van der Waals surface area contributed by atoms with Gasteiger partial charge in [-0.3, -0.25) is 9.59 Å². The number of thiazole rings is 1. The first-order valence-corrected chi connectivity index (χ1v) is 11.3. The van der Waals surface area contributed by atoms with E-state index in [1.165, 1.54) is 11.3 Å². The number of carbonyl (C=O) groups is 2. The highest BCUT2D eigenvalue weighted by molar-refractivity contribution is 9.10. The number of amides is 2. The van der Waals surface area contributed by atoms with Crippen molar-refractivity contribution in [3.63, 3.8) is 0 Å². The van der Waals surface area contributed by atoms with E-state index in [4.69, 9.17) is 0 Å². The number of aryl methyl sites for hydroxylation is 1. The van der Waals surface area contributed by atoms with Crippen molar-refractivity contribution in [1.29, 1.82) is 0 Å². The normalized spacial score (nSPS) is 10.6. The average Bonchev–Trinajstić information content (AvgIpc) is 3.39. The Balaban J connectivity index is 1.48. The molecule has 0 saturated carbocycles. The zero-order chi connectivity index (χ0) is 21.1. The molecule has 1 aromatic carbocycles. The smallest absolute Gasteiger partial charge is 0.267 e. The van der Waals surface area contributed by atoms with E-state index in [1.807, 2.05) is 24.4 Å². The van der Waals surface area contributed by atoms with Crippen molar-refractivity contribution in [3.05, 3.63) is 80.7 Å². The summed E-state index contributed by atoms with van der Waals surface area (Å²) in [4.78, 5) is 35.5. The molecule has 0 bridgehead atoms. The van der Waals surface area contributed by atoms with E-state index in [0.717, 1.165) is 14.4 Å². The van der Waals surface area contributed by atoms with E-state index < -0.39 is 0 Å². The molecule has 0 fully saturated rings. The maximum absolute atomic E-state index is 12.8. The van der Waals surface area contributed by atoms with Crippen LogP contribution in [-0.4, -0.2) is 21.8 Å². The molecule has 3 aromatic heterocycles. The Morgan fingerprint density at radius 2 is 1.90 bits per heavy atom. The molecule has 0 radical (unpaired) electrons. The molecule has 2 amide bonds. The summed E-state index contributed by atoms with van der Waals surface area (Å²) in [6, 6.07) is 14.2. The van der Waals surface area contributed by atoms with Crippen LogP contribution in [-0.2, 0) is 0 Å². The number of halogens is 1. The zero-order valence-corrected chi connectivity index (χ0v) is 18.9. The SMILES string of the molecule is Cc1nc(-c2cccs2)sc1C(=O)Nc1cccc(C(=O)Nc2ccc(Br)cn2)c1. The molecule has 6 nitrogen and oxygen atoms in total. The molecule has 0 saturated heterocycles. The van der Waals surface area contributed by atoms with E-state index >= 15 is 0 Å². The van der Waals surface area contributed by atoms with Crippen LogP contribution < -0.4 is 10.6 Å². The Morgan fingerprint density at radius 1 is 1.03 bits per heavy atom. The number of aromatic nitrogens is 2. The summed E-state index contributed by atoms with van der Waals surface area (Å²) in [6.07, 6.45) is 1.61. The summed E-state index contributed by atoms with van der Waals surface area (Å²) in [7, 11) is 0. The number of pyridine rings is 1. The van der Waals surface area contributed by atoms with Gasteiger partial charge in [0.1, 0.15) is 15.7 Å². The minimum atomic E-state index is -0.310. The second-order valence-corrected chi connectivity index (χ2v) is 9.12. The molecule has 0 aliphatic rings. The van der Waals surface area contributed by atoms with Gasteiger partial charge in [-0.1, -0.05) is 12.1 Å². The lowest BCUT2D eigenvalue weighted by atomic mass is 10.2. The first-order chi connectivity index (χ1) is 14.5. The van der Waals surface area contributed by atoms with Crippen molar-refractivity contribution in [2.45, 2.75) is 6.92 Å². The van der Waals surface area contributed by atoms with Crippen molar-refractivity contribution in [1.82, 2.24) is 9.97 Å². The molecule has 4 rings (SSSR count). The Hall–Kier alpha value is -2.88. The fourth-order valence-electron chi connectivity index (χ4n) is 2.68. The third-order valence-corrected chi connectivity index (χ3v) is 6.75. The maximum atomic E-state index is 12.8. The van der Waals surface area contributed by atoms with Gasteiger partial charge >= 0.3 is 0 Å². The molecule has 0 atom stereocenters. The van der Waals surface area contributed by atoms with Crippen molar-refractivity contribution >= 4 is 61.9 Å². The van der Waals surface area contributed by atoms with E-state index in [9.17, 15) is 9.59 Å². The number of nitrogens with one attached hydrogen (secondary N) is 2. The van der Waals surface area contributed by atoms with Crippen LogP contribution in [0.25, 0.3) is 9.88 Å². The molecule has 30 heavy (non-hydrogen) atoms. The number of rotatable bonds is 5. The second kappa shape index (κ2) is 8.86. The van der Waals surface area contributed by atoms with E-state index in [1.54, 1.807) is 53.9 Å². The summed E-state index contributed by atoms with van der Waals surface area (Å²) in [5.41, 5.74) is 1.62. The highest BCUT2D eigenvalue weighted by Crippen LogP contribution is 2.31. The minimum absolute atomic E-state index is 0.250. The van der Waals surface area contributed by atoms with Crippen LogP contribution in [0, 0.1) is 6.92 Å². The maximum Gasteiger partial charge on any atom is 0.267 e. The van der Waals surface area contributed by atoms with Crippen molar-refractivity contribution < 1.29 is 9.59 Å². The van der Waals surface area contributed by atoms with Crippen molar-refractivity contribution in [2.24, 2.45) is 0 Å². The average molecular weight is 499 g/mol. The molecule has 0 aliphatic heterocycles. The lowest BCUT2D eigenvalue weighted by Crippen LogP contribution is -2.15. The predicted molar refractivity (Wildman–Crippen MR) is 124 cm³/mol. The number of thiophene rings is 1. The fourth-order valence-corrected chi connectivity index (χ4v) is 4.67. The predicted octanol–water partition coefficient (Wildman–Crippen LogP) is 5.84. The van der Waals surface area contributed by atoms with E-state index in [0.29, 0.717) is 27.6 Å². The summed E-state index contributed by atoms with van der Waals surface area (Å²) < 4.78 is 0.825. The molecule has 150 valence electrons. The number of benzene rings is 1. The molecule has 0 unspecified atom stereocenters. The first kappa shape index (κ1) is 20.4. The standard InChI is InChI=1S/C21H15BrN4O2S2/c1-12-18(30-21(24-12)16-6-3-9-29-16)20(28)25-15-5-2-4-13(10-15)19(27)26-17-8-7-14(22)11-23-17/h2-11H,1H3,(H,25,28)(H,23,26,27). The largest absolute Gasteiger partial charge is 0.321 e. The summed E-state index contributed by atoms with van der Waals surface area (Å²) >= 11 is 6.25. The van der Waals surface area contributed by atoms with Crippen LogP contribution in [0.15, 0.2) is 64.6 Å². The highest BCUT2D eigenvalue weighted by atomic mass is 79.9. The van der Waals surface area contributed by atoms with E-state index in [2.05, 4.69) is 36.5 Å². The second-order valence-electron chi connectivity index (χ2n) is 6.26. The van der Waals surface area contributed by atoms with Crippen molar-refractivity contribution in [3.8, 4) is 9.88 Å². The minimum Gasteiger partial charge on any atom is -0.321 e. The number of hydrogen-bond acceptors (Lipinski definition) is 6. The van der Waals surface area contributed by atoms with Gasteiger partial charge in [0.05, 0.1) is 10.6 Å². The topological polar surface area (TPSA) is 84.0 Å². The van der Waals surface area contributed by atoms with Gasteiger partial charge in [-0.05, 0) is 64.6 Å². The van der Waals surface area contributed by atoms with Gasteiger partial charge in [-0.15, -0.1) is 22.7 Å². The molecule has 9 heteroatoms. The van der Waals surface area contributed by atoms with Crippen LogP contribution in [0.1, 0.15) is 25.7 Å². The molecular formula is C21H15BrN4O2S2. The van der Waals surface area contributed by atoms with Crippen LogP contribution >= 0.6 is 38.6 Å². The van der Waals surface area contributed by atoms with Gasteiger partial charge in [-0.25, -0.2) is 9.97 Å². The zero-order valence-electron chi connectivity index (χ0n) is 15.7. The Bertz CT molecular complexity index is 1200. The van der Waals surface area contributed by atoms with Gasteiger partial charge in [-0.2, -0.15) is 0 Å². The van der Waals surface area contributed by atoms with Gasteiger partial charge in [0, 0.05) is 21.9 Å². The molecule has 3 heterocycles. The van der Waals surface area contributed by atoms with Gasteiger partial charge < -0.3 is 10.6 Å². The Kier molecular flexibility index (Phi) is 6.03.